The molecule has 0 amide bonds. The molecule has 3 nitrogen and oxygen atoms in total. The SMILES string of the molecule is NCc1ccc(-c2cc3cccc(F)c3o2)nc1. The third-order valence-corrected chi connectivity index (χ3v) is 2.81. The van der Waals surface area contributed by atoms with E-state index < -0.39 is 0 Å². The molecule has 2 N–H and O–H groups in total. The molecule has 0 fully saturated rings. The van der Waals surface area contributed by atoms with Crippen LogP contribution < -0.4 is 5.73 Å². The molecule has 18 heavy (non-hydrogen) atoms. The van der Waals surface area contributed by atoms with Crippen LogP contribution in [-0.2, 0) is 6.54 Å². The van der Waals surface area contributed by atoms with E-state index in [2.05, 4.69) is 4.98 Å². The number of para-hydroxylation sites is 1. The number of halogens is 1. The number of fused-ring (bicyclic) bond motifs is 1. The number of aromatic nitrogens is 1. The van der Waals surface area contributed by atoms with Gasteiger partial charge in [0.05, 0.1) is 0 Å². The molecule has 0 atom stereocenters. The average Bonchev–Trinajstić information content (AvgIpc) is 2.84. The van der Waals surface area contributed by atoms with E-state index in [9.17, 15) is 4.39 Å². The molecule has 90 valence electrons. The molecule has 0 radical (unpaired) electrons. The molecule has 3 aromatic rings. The van der Waals surface area contributed by atoms with Gasteiger partial charge in [-0.1, -0.05) is 18.2 Å². The minimum absolute atomic E-state index is 0.261. The van der Waals surface area contributed by atoms with Gasteiger partial charge in [-0.3, -0.25) is 4.98 Å². The van der Waals surface area contributed by atoms with Crippen molar-refractivity contribution in [2.45, 2.75) is 6.54 Å². The Kier molecular flexibility index (Phi) is 2.57. The van der Waals surface area contributed by atoms with Crippen molar-refractivity contribution < 1.29 is 8.81 Å². The fourth-order valence-corrected chi connectivity index (χ4v) is 1.84. The molecule has 0 aliphatic carbocycles. The van der Waals surface area contributed by atoms with Crippen molar-refractivity contribution in [2.24, 2.45) is 5.73 Å². The zero-order valence-corrected chi connectivity index (χ0v) is 9.56. The Labute approximate surface area is 103 Å². The summed E-state index contributed by atoms with van der Waals surface area (Å²) in [5.41, 5.74) is 7.38. The summed E-state index contributed by atoms with van der Waals surface area (Å²) in [4.78, 5) is 4.25. The number of benzene rings is 1. The zero-order valence-electron chi connectivity index (χ0n) is 9.56. The Morgan fingerprint density at radius 1 is 1.22 bits per heavy atom. The van der Waals surface area contributed by atoms with Crippen molar-refractivity contribution in [3.63, 3.8) is 0 Å². The molecule has 4 heteroatoms. The molecule has 2 heterocycles. The van der Waals surface area contributed by atoms with Crippen LogP contribution in [0.25, 0.3) is 22.4 Å². The lowest BCUT2D eigenvalue weighted by Gasteiger charge is -1.97. The number of rotatable bonds is 2. The summed E-state index contributed by atoms with van der Waals surface area (Å²) in [6, 6.07) is 10.3. The lowest BCUT2D eigenvalue weighted by Crippen LogP contribution is -1.96. The van der Waals surface area contributed by atoms with Gasteiger partial charge in [0.15, 0.2) is 17.2 Å². The fraction of sp³-hybridized carbons (Fsp3) is 0.0714. The summed E-state index contributed by atoms with van der Waals surface area (Å²) < 4.78 is 19.0. The van der Waals surface area contributed by atoms with Crippen molar-refractivity contribution >= 4 is 11.0 Å². The van der Waals surface area contributed by atoms with Gasteiger partial charge in [-0.2, -0.15) is 0 Å². The maximum atomic E-state index is 13.5. The Morgan fingerprint density at radius 2 is 2.11 bits per heavy atom. The maximum Gasteiger partial charge on any atom is 0.170 e. The van der Waals surface area contributed by atoms with Crippen LogP contribution in [0.3, 0.4) is 0 Å². The van der Waals surface area contributed by atoms with Crippen LogP contribution in [0.5, 0.6) is 0 Å². The first kappa shape index (κ1) is 10.9. The largest absolute Gasteiger partial charge is 0.451 e. The highest BCUT2D eigenvalue weighted by molar-refractivity contribution is 5.82. The van der Waals surface area contributed by atoms with E-state index in [1.165, 1.54) is 6.07 Å². The zero-order chi connectivity index (χ0) is 12.5. The number of nitrogens with zero attached hydrogens (tertiary/aromatic N) is 1. The molecule has 0 spiro atoms. The maximum absolute atomic E-state index is 13.5. The molecule has 0 saturated carbocycles. The first-order valence-electron chi connectivity index (χ1n) is 5.61. The molecule has 2 aromatic heterocycles. The summed E-state index contributed by atoms with van der Waals surface area (Å²) in [5.74, 6) is 0.191. The number of hydrogen-bond donors (Lipinski definition) is 1. The lowest BCUT2D eigenvalue weighted by atomic mass is 10.2. The van der Waals surface area contributed by atoms with Crippen molar-refractivity contribution in [3.8, 4) is 11.5 Å². The lowest BCUT2D eigenvalue weighted by molar-refractivity contribution is 0.567. The standard InChI is InChI=1S/C14H11FN2O/c15-11-3-1-2-10-6-13(18-14(10)11)12-5-4-9(7-16)8-17-12/h1-6,8H,7,16H2. The predicted molar refractivity (Wildman–Crippen MR) is 67.3 cm³/mol. The van der Waals surface area contributed by atoms with Crippen molar-refractivity contribution in [2.75, 3.05) is 0 Å². The smallest absolute Gasteiger partial charge is 0.170 e. The molecule has 3 rings (SSSR count). The van der Waals surface area contributed by atoms with Gasteiger partial charge in [0.2, 0.25) is 0 Å². The van der Waals surface area contributed by atoms with Gasteiger partial charge < -0.3 is 10.2 Å². The van der Waals surface area contributed by atoms with E-state index in [0.29, 0.717) is 18.0 Å². The second kappa shape index (κ2) is 4.23. The fourth-order valence-electron chi connectivity index (χ4n) is 1.84. The average molecular weight is 242 g/mol. The van der Waals surface area contributed by atoms with Gasteiger partial charge in [0.1, 0.15) is 5.69 Å². The van der Waals surface area contributed by atoms with E-state index >= 15 is 0 Å². The Bertz CT molecular complexity index is 689. The number of hydrogen-bond acceptors (Lipinski definition) is 3. The second-order valence-electron chi connectivity index (χ2n) is 4.02. The first-order valence-corrected chi connectivity index (χ1v) is 5.61. The summed E-state index contributed by atoms with van der Waals surface area (Å²) >= 11 is 0. The van der Waals surface area contributed by atoms with E-state index in [-0.39, 0.29) is 11.4 Å². The van der Waals surface area contributed by atoms with Gasteiger partial charge in [0, 0.05) is 18.1 Å². The second-order valence-corrected chi connectivity index (χ2v) is 4.02. The first-order chi connectivity index (χ1) is 8.78. The number of nitrogens with two attached hydrogens (primary N) is 1. The molecule has 0 unspecified atom stereocenters. The monoisotopic (exact) mass is 242 g/mol. The third kappa shape index (κ3) is 1.76. The Balaban J connectivity index is 2.10. The highest BCUT2D eigenvalue weighted by Crippen LogP contribution is 2.28. The summed E-state index contributed by atoms with van der Waals surface area (Å²) in [7, 11) is 0. The summed E-state index contributed by atoms with van der Waals surface area (Å²) in [6.07, 6.45) is 1.69. The van der Waals surface area contributed by atoms with Crippen molar-refractivity contribution in [1.29, 1.82) is 0 Å². The van der Waals surface area contributed by atoms with Gasteiger partial charge in [-0.25, -0.2) is 4.39 Å². The summed E-state index contributed by atoms with van der Waals surface area (Å²) in [5, 5.41) is 0.731. The van der Waals surface area contributed by atoms with Crippen LogP contribution in [0, 0.1) is 5.82 Å². The third-order valence-electron chi connectivity index (χ3n) is 2.81. The van der Waals surface area contributed by atoms with E-state index in [4.69, 9.17) is 10.2 Å². The van der Waals surface area contributed by atoms with Crippen LogP contribution in [0.2, 0.25) is 0 Å². The molecular weight excluding hydrogens is 231 g/mol. The molecule has 0 aliphatic heterocycles. The van der Waals surface area contributed by atoms with Gasteiger partial charge in [-0.15, -0.1) is 0 Å². The minimum atomic E-state index is -0.364. The van der Waals surface area contributed by atoms with Crippen molar-refractivity contribution in [3.05, 3.63) is 54.0 Å². The quantitative estimate of drug-likeness (QED) is 0.751. The molecule has 0 aliphatic rings. The van der Waals surface area contributed by atoms with Crippen LogP contribution >= 0.6 is 0 Å². The van der Waals surface area contributed by atoms with Gasteiger partial charge in [-0.05, 0) is 23.8 Å². The van der Waals surface area contributed by atoms with Crippen LogP contribution in [0.15, 0.2) is 47.0 Å². The van der Waals surface area contributed by atoms with E-state index in [1.807, 2.05) is 12.1 Å². The highest BCUT2D eigenvalue weighted by atomic mass is 19.1. The predicted octanol–water partition coefficient (Wildman–Crippen LogP) is 3.09. The van der Waals surface area contributed by atoms with Crippen LogP contribution in [0.1, 0.15) is 5.56 Å². The normalized spacial score (nSPS) is 11.0. The Hall–Kier alpha value is -2.20. The number of furan rings is 1. The van der Waals surface area contributed by atoms with Crippen molar-refractivity contribution in [1.82, 2.24) is 4.98 Å². The van der Waals surface area contributed by atoms with Crippen LogP contribution in [-0.4, -0.2) is 4.98 Å². The van der Waals surface area contributed by atoms with E-state index in [0.717, 1.165) is 10.9 Å². The Morgan fingerprint density at radius 3 is 2.78 bits per heavy atom. The van der Waals surface area contributed by atoms with Gasteiger partial charge in [0.25, 0.3) is 0 Å². The summed E-state index contributed by atoms with van der Waals surface area (Å²) in [6.45, 7) is 0.446. The molecule has 0 saturated heterocycles. The molecular formula is C14H11FN2O. The minimum Gasteiger partial charge on any atom is -0.451 e. The molecule has 1 aromatic carbocycles. The topological polar surface area (TPSA) is 52.0 Å². The van der Waals surface area contributed by atoms with Gasteiger partial charge >= 0.3 is 0 Å². The molecule has 0 bridgehead atoms. The van der Waals surface area contributed by atoms with E-state index in [1.54, 1.807) is 24.4 Å². The highest BCUT2D eigenvalue weighted by Gasteiger charge is 2.10. The number of pyridine rings is 1. The van der Waals surface area contributed by atoms with Crippen LogP contribution in [0.4, 0.5) is 4.39 Å².